The third kappa shape index (κ3) is 10.3. The minimum absolute atomic E-state index is 0.0363. The summed E-state index contributed by atoms with van der Waals surface area (Å²) in [7, 11) is 4.86. The van der Waals surface area contributed by atoms with Crippen LogP contribution in [0.25, 0.3) is 5.57 Å². The summed E-state index contributed by atoms with van der Waals surface area (Å²) in [6.07, 6.45) is 14.8. The molecule has 0 aliphatic heterocycles. The Labute approximate surface area is 264 Å². The van der Waals surface area contributed by atoms with Crippen LogP contribution in [0.15, 0.2) is 30.3 Å². The lowest BCUT2D eigenvalue weighted by molar-refractivity contribution is -0.385. The van der Waals surface area contributed by atoms with Gasteiger partial charge in [0.25, 0.3) is 11.4 Å². The third-order valence-electron chi connectivity index (χ3n) is 7.52. The summed E-state index contributed by atoms with van der Waals surface area (Å²) in [5.74, 6) is -1.82. The van der Waals surface area contributed by atoms with Gasteiger partial charge in [-0.1, -0.05) is 77.2 Å². The van der Waals surface area contributed by atoms with Crippen LogP contribution in [0.5, 0.6) is 11.5 Å². The zero-order valence-electron chi connectivity index (χ0n) is 26.8. The van der Waals surface area contributed by atoms with Gasteiger partial charge in [-0.2, -0.15) is 0 Å². The monoisotopic (exact) mass is 628 g/mol. The fourth-order valence-electron chi connectivity index (χ4n) is 5.22. The second-order valence-electron chi connectivity index (χ2n) is 10.6. The lowest BCUT2D eigenvalue weighted by atomic mass is 9.90. The van der Waals surface area contributed by atoms with Gasteiger partial charge in [0.15, 0.2) is 0 Å². The minimum atomic E-state index is -0.872. The predicted molar refractivity (Wildman–Crippen MR) is 170 cm³/mol. The van der Waals surface area contributed by atoms with Gasteiger partial charge in [0.2, 0.25) is 0 Å². The van der Waals surface area contributed by atoms with E-state index in [1.54, 1.807) is 6.08 Å². The molecule has 0 aromatic heterocycles. The van der Waals surface area contributed by atoms with Crippen LogP contribution in [0.1, 0.15) is 116 Å². The maximum Gasteiger partial charge on any atom is 0.341 e. The lowest BCUT2D eigenvalue weighted by Crippen LogP contribution is -2.10. The quantitative estimate of drug-likeness (QED) is 0.0605. The van der Waals surface area contributed by atoms with E-state index in [-0.39, 0.29) is 39.3 Å². The molecule has 12 heteroatoms. The number of methoxy groups -OCH3 is 4. The summed E-state index contributed by atoms with van der Waals surface area (Å²) in [5, 5.41) is 23.8. The Balaban J connectivity index is 2.58. The number of carbonyl (C=O) groups is 2. The SMILES string of the molecule is CCCCCCCCCCCCCC=C(c1cc([N+](=O)[O-])cc(C(=O)OC)c1OC)c1cc([N+](=O)[O-])cc(C(=O)OC)c1OC. The number of non-ortho nitro benzene ring substituents is 2. The van der Waals surface area contributed by atoms with Gasteiger partial charge in [0.05, 0.1) is 38.3 Å². The summed E-state index contributed by atoms with van der Waals surface area (Å²) >= 11 is 0. The van der Waals surface area contributed by atoms with Crippen LogP contribution < -0.4 is 9.47 Å². The normalized spacial score (nSPS) is 10.6. The van der Waals surface area contributed by atoms with Crippen LogP contribution in [0.4, 0.5) is 11.4 Å². The summed E-state index contributed by atoms with van der Waals surface area (Å²) in [4.78, 5) is 47.9. The number of unbranched alkanes of at least 4 members (excludes halogenated alkanes) is 11. The van der Waals surface area contributed by atoms with Crippen LogP contribution in [-0.4, -0.2) is 50.2 Å². The largest absolute Gasteiger partial charge is 0.495 e. The molecule has 45 heavy (non-hydrogen) atoms. The Hall–Kier alpha value is -4.48. The fraction of sp³-hybridized carbons (Fsp3) is 0.515. The molecule has 0 radical (unpaired) electrons. The first kappa shape index (κ1) is 36.7. The van der Waals surface area contributed by atoms with E-state index in [0.29, 0.717) is 6.42 Å². The molecule has 0 bridgehead atoms. The van der Waals surface area contributed by atoms with E-state index in [9.17, 15) is 29.8 Å². The van der Waals surface area contributed by atoms with E-state index in [4.69, 9.17) is 18.9 Å². The molecular weight excluding hydrogens is 584 g/mol. The molecule has 0 aliphatic rings. The summed E-state index contributed by atoms with van der Waals surface area (Å²) in [6.45, 7) is 2.21. The first-order valence-corrected chi connectivity index (χ1v) is 15.2. The summed E-state index contributed by atoms with van der Waals surface area (Å²) < 4.78 is 20.9. The molecular formula is C33H44N2O10. The number of nitrogens with zero attached hydrogens (tertiary/aromatic N) is 2. The number of nitro groups is 2. The van der Waals surface area contributed by atoms with Crippen molar-refractivity contribution in [2.75, 3.05) is 28.4 Å². The smallest absolute Gasteiger partial charge is 0.341 e. The van der Waals surface area contributed by atoms with Gasteiger partial charge in [-0.25, -0.2) is 9.59 Å². The van der Waals surface area contributed by atoms with Gasteiger partial charge in [0, 0.05) is 35.4 Å². The van der Waals surface area contributed by atoms with Crippen molar-refractivity contribution in [1.29, 1.82) is 0 Å². The van der Waals surface area contributed by atoms with Gasteiger partial charge in [-0.05, 0) is 18.4 Å². The number of ether oxygens (including phenoxy) is 4. The van der Waals surface area contributed by atoms with Crippen molar-refractivity contribution in [3.63, 3.8) is 0 Å². The van der Waals surface area contributed by atoms with E-state index in [1.165, 1.54) is 71.3 Å². The second kappa shape index (κ2) is 19.0. The molecule has 246 valence electrons. The van der Waals surface area contributed by atoms with E-state index < -0.39 is 33.2 Å². The topological polar surface area (TPSA) is 157 Å². The Bertz CT molecular complexity index is 1280. The first-order valence-electron chi connectivity index (χ1n) is 15.2. The maximum atomic E-state index is 12.7. The zero-order valence-corrected chi connectivity index (χ0v) is 26.8. The highest BCUT2D eigenvalue weighted by Gasteiger charge is 2.29. The third-order valence-corrected chi connectivity index (χ3v) is 7.52. The molecule has 0 saturated carbocycles. The zero-order chi connectivity index (χ0) is 33.4. The highest BCUT2D eigenvalue weighted by molar-refractivity contribution is 6.00. The molecule has 0 saturated heterocycles. The van der Waals surface area contributed by atoms with E-state index in [1.807, 2.05) is 0 Å². The van der Waals surface area contributed by atoms with Crippen molar-refractivity contribution < 1.29 is 38.4 Å². The van der Waals surface area contributed by atoms with Crippen LogP contribution in [0.3, 0.4) is 0 Å². The van der Waals surface area contributed by atoms with Crippen LogP contribution in [0, 0.1) is 20.2 Å². The van der Waals surface area contributed by atoms with Crippen molar-refractivity contribution in [1.82, 2.24) is 0 Å². The summed E-state index contributed by atoms with van der Waals surface area (Å²) in [6, 6.07) is 4.52. The van der Waals surface area contributed by atoms with Crippen LogP contribution in [-0.2, 0) is 9.47 Å². The average Bonchev–Trinajstić information content (AvgIpc) is 3.04. The van der Waals surface area contributed by atoms with Gasteiger partial charge in [-0.3, -0.25) is 20.2 Å². The van der Waals surface area contributed by atoms with Crippen molar-refractivity contribution in [2.45, 2.75) is 84.0 Å². The number of hydrogen-bond donors (Lipinski definition) is 0. The number of rotatable bonds is 20. The van der Waals surface area contributed by atoms with Crippen molar-refractivity contribution >= 4 is 28.9 Å². The van der Waals surface area contributed by atoms with Gasteiger partial charge in [0.1, 0.15) is 22.6 Å². The van der Waals surface area contributed by atoms with Crippen LogP contribution >= 0.6 is 0 Å². The molecule has 0 spiro atoms. The highest BCUT2D eigenvalue weighted by atomic mass is 16.6. The molecule has 2 aromatic rings. The highest BCUT2D eigenvalue weighted by Crippen LogP contribution is 2.43. The molecule has 0 aliphatic carbocycles. The summed E-state index contributed by atoms with van der Waals surface area (Å²) in [5.41, 5.74) is -0.813. The second-order valence-corrected chi connectivity index (χ2v) is 10.6. The molecule has 0 amide bonds. The molecule has 12 nitrogen and oxygen atoms in total. The Morgan fingerprint density at radius 3 is 1.31 bits per heavy atom. The Morgan fingerprint density at radius 1 is 0.622 bits per heavy atom. The number of hydrogen-bond acceptors (Lipinski definition) is 10. The molecule has 2 aromatic carbocycles. The number of benzene rings is 2. The molecule has 0 unspecified atom stereocenters. The van der Waals surface area contributed by atoms with Gasteiger partial charge < -0.3 is 18.9 Å². The number of nitro benzene ring substituents is 2. The molecule has 0 fully saturated rings. The molecule has 0 heterocycles. The molecule has 2 rings (SSSR count). The van der Waals surface area contributed by atoms with Crippen molar-refractivity contribution in [3.8, 4) is 11.5 Å². The average molecular weight is 629 g/mol. The van der Waals surface area contributed by atoms with E-state index >= 15 is 0 Å². The fourth-order valence-corrected chi connectivity index (χ4v) is 5.22. The van der Waals surface area contributed by atoms with Crippen LogP contribution in [0.2, 0.25) is 0 Å². The van der Waals surface area contributed by atoms with Gasteiger partial charge in [-0.15, -0.1) is 0 Å². The Morgan fingerprint density at radius 2 is 0.978 bits per heavy atom. The van der Waals surface area contributed by atoms with Crippen molar-refractivity contribution in [3.05, 3.63) is 72.8 Å². The number of esters is 2. The van der Waals surface area contributed by atoms with Crippen molar-refractivity contribution in [2.24, 2.45) is 0 Å². The standard InChI is InChI=1S/C33H44N2O10/c1-6-7-8-9-10-11-12-13-14-15-16-17-18-25(26-19-23(34(38)39)21-28(30(26)42-2)32(36)44-4)27-20-24(35(40)41)22-29(31(27)43-3)33(37)45-5/h18-22H,6-17H2,1-5H3. The van der Waals surface area contributed by atoms with E-state index in [0.717, 1.165) is 52.0 Å². The van der Waals surface area contributed by atoms with Gasteiger partial charge >= 0.3 is 11.9 Å². The predicted octanol–water partition coefficient (Wildman–Crippen LogP) is 8.23. The maximum absolute atomic E-state index is 12.7. The Kier molecular flexibility index (Phi) is 15.5. The van der Waals surface area contributed by atoms with E-state index in [2.05, 4.69) is 6.92 Å². The minimum Gasteiger partial charge on any atom is -0.495 e. The number of allylic oxidation sites excluding steroid dienone is 1. The number of carbonyl (C=O) groups excluding carboxylic acids is 2. The first-order chi connectivity index (χ1) is 21.6. The molecule has 0 atom stereocenters. The molecule has 0 N–H and O–H groups in total. The lowest BCUT2D eigenvalue weighted by Gasteiger charge is -2.19.